The van der Waals surface area contributed by atoms with Crippen LogP contribution >= 0.6 is 11.6 Å². The first-order chi connectivity index (χ1) is 9.19. The Balaban J connectivity index is 2.67. The van der Waals surface area contributed by atoms with E-state index in [0.717, 1.165) is 31.3 Å². The van der Waals surface area contributed by atoms with Crippen LogP contribution in [0.2, 0.25) is 5.02 Å². The minimum Gasteiger partial charge on any atom is -0.383 e. The van der Waals surface area contributed by atoms with Gasteiger partial charge in [0, 0.05) is 44.5 Å². The first-order valence-corrected chi connectivity index (χ1v) is 7.26. The van der Waals surface area contributed by atoms with Crippen LogP contribution in [0.1, 0.15) is 25.3 Å². The molecule has 0 unspecified atom stereocenters. The molecule has 0 aliphatic carbocycles. The van der Waals surface area contributed by atoms with Gasteiger partial charge in [-0.25, -0.2) is 0 Å². The molecule has 0 bridgehead atoms. The van der Waals surface area contributed by atoms with Gasteiger partial charge in [0.2, 0.25) is 0 Å². The molecule has 108 valence electrons. The summed E-state index contributed by atoms with van der Waals surface area (Å²) in [4.78, 5) is 2.28. The van der Waals surface area contributed by atoms with E-state index in [-0.39, 0.29) is 0 Å². The number of benzene rings is 1. The van der Waals surface area contributed by atoms with Crippen LogP contribution < -0.4 is 10.2 Å². The Kier molecular flexibility index (Phi) is 7.87. The van der Waals surface area contributed by atoms with E-state index in [1.54, 1.807) is 7.11 Å². The Hall–Kier alpha value is -0.770. The summed E-state index contributed by atoms with van der Waals surface area (Å²) < 4.78 is 5.04. The smallest absolute Gasteiger partial charge is 0.0587 e. The monoisotopic (exact) mass is 284 g/mol. The average Bonchev–Trinajstić information content (AvgIpc) is 2.42. The second-order valence-electron chi connectivity index (χ2n) is 4.72. The third-order valence-corrected chi connectivity index (χ3v) is 3.34. The summed E-state index contributed by atoms with van der Waals surface area (Å²) in [7, 11) is 3.84. The van der Waals surface area contributed by atoms with Gasteiger partial charge >= 0.3 is 0 Å². The van der Waals surface area contributed by atoms with Crippen LogP contribution in [0.4, 0.5) is 5.69 Å². The van der Waals surface area contributed by atoms with E-state index in [4.69, 9.17) is 16.3 Å². The molecule has 0 radical (unpaired) electrons. The van der Waals surface area contributed by atoms with Gasteiger partial charge in [-0.1, -0.05) is 31.0 Å². The Morgan fingerprint density at radius 2 is 2.16 bits per heavy atom. The highest BCUT2D eigenvalue weighted by atomic mass is 35.5. The Bertz CT molecular complexity index is 371. The van der Waals surface area contributed by atoms with E-state index in [0.29, 0.717) is 0 Å². The molecule has 0 fully saturated rings. The van der Waals surface area contributed by atoms with Crippen molar-refractivity contribution in [3.05, 3.63) is 28.8 Å². The first kappa shape index (κ1) is 16.3. The molecule has 0 saturated carbocycles. The molecule has 0 atom stereocenters. The lowest BCUT2D eigenvalue weighted by molar-refractivity contribution is 0.199. The summed E-state index contributed by atoms with van der Waals surface area (Å²) in [5.41, 5.74) is 2.49. The van der Waals surface area contributed by atoms with Crippen LogP contribution in [0.5, 0.6) is 0 Å². The van der Waals surface area contributed by atoms with Gasteiger partial charge in [0.25, 0.3) is 0 Å². The Morgan fingerprint density at radius 3 is 2.84 bits per heavy atom. The number of halogens is 1. The maximum Gasteiger partial charge on any atom is 0.0587 e. The molecule has 4 heteroatoms. The fourth-order valence-corrected chi connectivity index (χ4v) is 2.12. The predicted molar refractivity (Wildman–Crippen MR) is 83.2 cm³/mol. The van der Waals surface area contributed by atoms with Crippen LogP contribution in [-0.2, 0) is 11.3 Å². The van der Waals surface area contributed by atoms with E-state index in [9.17, 15) is 0 Å². The molecule has 0 saturated heterocycles. The van der Waals surface area contributed by atoms with Gasteiger partial charge in [-0.05, 0) is 24.1 Å². The van der Waals surface area contributed by atoms with Gasteiger partial charge in [0.05, 0.1) is 6.61 Å². The number of nitrogens with one attached hydrogen (secondary N) is 1. The second-order valence-corrected chi connectivity index (χ2v) is 5.15. The van der Waals surface area contributed by atoms with Gasteiger partial charge in [-0.15, -0.1) is 0 Å². The van der Waals surface area contributed by atoms with Gasteiger partial charge in [0.1, 0.15) is 0 Å². The van der Waals surface area contributed by atoms with Crippen LogP contribution in [0.25, 0.3) is 0 Å². The maximum absolute atomic E-state index is 6.11. The van der Waals surface area contributed by atoms with E-state index in [1.807, 2.05) is 12.1 Å². The zero-order valence-electron chi connectivity index (χ0n) is 12.2. The zero-order chi connectivity index (χ0) is 14.1. The number of rotatable bonds is 9. The van der Waals surface area contributed by atoms with Crippen molar-refractivity contribution < 1.29 is 4.74 Å². The molecule has 0 amide bonds. The summed E-state index contributed by atoms with van der Waals surface area (Å²) >= 11 is 6.11. The minimum absolute atomic E-state index is 0.731. The lowest BCUT2D eigenvalue weighted by atomic mass is 10.1. The van der Waals surface area contributed by atoms with Crippen LogP contribution in [0.15, 0.2) is 18.2 Å². The molecule has 1 aromatic rings. The molecule has 0 aliphatic rings. The van der Waals surface area contributed by atoms with E-state index in [2.05, 4.69) is 30.3 Å². The molecule has 0 aliphatic heterocycles. The van der Waals surface area contributed by atoms with Crippen molar-refractivity contribution >= 4 is 17.3 Å². The van der Waals surface area contributed by atoms with Gasteiger partial charge in [-0.3, -0.25) is 0 Å². The molecule has 1 rings (SSSR count). The molecular formula is C15H25ClN2O. The van der Waals surface area contributed by atoms with Crippen molar-refractivity contribution in [1.82, 2.24) is 5.32 Å². The van der Waals surface area contributed by atoms with E-state index in [1.165, 1.54) is 24.1 Å². The summed E-state index contributed by atoms with van der Waals surface area (Å²) in [5, 5.41) is 4.17. The molecule has 1 aromatic carbocycles. The first-order valence-electron chi connectivity index (χ1n) is 6.88. The molecule has 3 nitrogen and oxygen atoms in total. The number of hydrogen-bond donors (Lipinski definition) is 1. The fourth-order valence-electron chi connectivity index (χ4n) is 1.95. The molecular weight excluding hydrogens is 260 g/mol. The van der Waals surface area contributed by atoms with E-state index >= 15 is 0 Å². The lowest BCUT2D eigenvalue weighted by Crippen LogP contribution is -2.23. The Labute approximate surface area is 121 Å². The molecule has 0 spiro atoms. The third-order valence-electron chi connectivity index (χ3n) is 3.10. The molecule has 0 aromatic heterocycles. The highest BCUT2D eigenvalue weighted by Crippen LogP contribution is 2.24. The van der Waals surface area contributed by atoms with Crippen LogP contribution in [-0.4, -0.2) is 33.9 Å². The van der Waals surface area contributed by atoms with Crippen molar-refractivity contribution in [3.8, 4) is 0 Å². The maximum atomic E-state index is 6.11. The number of ether oxygens (including phenoxy) is 1. The van der Waals surface area contributed by atoms with Gasteiger partial charge < -0.3 is 15.0 Å². The fraction of sp³-hybridized carbons (Fsp3) is 0.600. The summed E-state index contributed by atoms with van der Waals surface area (Å²) in [6.07, 6.45) is 2.39. The normalized spacial score (nSPS) is 10.7. The van der Waals surface area contributed by atoms with Crippen molar-refractivity contribution in [2.75, 3.05) is 38.8 Å². The highest BCUT2D eigenvalue weighted by molar-refractivity contribution is 6.30. The summed E-state index contributed by atoms with van der Waals surface area (Å²) in [6.45, 7) is 5.69. The van der Waals surface area contributed by atoms with Crippen molar-refractivity contribution in [2.24, 2.45) is 0 Å². The van der Waals surface area contributed by atoms with Gasteiger partial charge in [0.15, 0.2) is 0 Å². The SMILES string of the molecule is CCCCN(C)c1cc(Cl)ccc1CNCCOC. The Morgan fingerprint density at radius 1 is 1.37 bits per heavy atom. The minimum atomic E-state index is 0.731. The predicted octanol–water partition coefficient (Wildman–Crippen LogP) is 3.31. The number of anilines is 1. The third kappa shape index (κ3) is 5.81. The zero-order valence-corrected chi connectivity index (χ0v) is 13.0. The highest BCUT2D eigenvalue weighted by Gasteiger charge is 2.07. The van der Waals surface area contributed by atoms with Crippen LogP contribution in [0.3, 0.4) is 0 Å². The summed E-state index contributed by atoms with van der Waals surface area (Å²) in [6, 6.07) is 6.09. The van der Waals surface area contributed by atoms with Gasteiger partial charge in [-0.2, -0.15) is 0 Å². The van der Waals surface area contributed by atoms with E-state index < -0.39 is 0 Å². The number of hydrogen-bond acceptors (Lipinski definition) is 3. The average molecular weight is 285 g/mol. The number of unbranched alkanes of at least 4 members (excludes halogenated alkanes) is 1. The van der Waals surface area contributed by atoms with Crippen molar-refractivity contribution in [3.63, 3.8) is 0 Å². The molecule has 0 heterocycles. The van der Waals surface area contributed by atoms with Crippen LogP contribution in [0, 0.1) is 0 Å². The number of nitrogens with zero attached hydrogens (tertiary/aromatic N) is 1. The van der Waals surface area contributed by atoms with Crippen molar-refractivity contribution in [2.45, 2.75) is 26.3 Å². The summed E-state index contributed by atoms with van der Waals surface area (Å²) in [5.74, 6) is 0. The standard InChI is InChI=1S/C15H25ClN2O/c1-4-5-9-18(2)15-11-14(16)7-6-13(15)12-17-8-10-19-3/h6-7,11,17H,4-5,8-10,12H2,1-3H3. The topological polar surface area (TPSA) is 24.5 Å². The molecule has 1 N–H and O–H groups in total. The quantitative estimate of drug-likeness (QED) is 0.704. The second kappa shape index (κ2) is 9.18. The number of methoxy groups -OCH3 is 1. The lowest BCUT2D eigenvalue weighted by Gasteiger charge is -2.23. The van der Waals surface area contributed by atoms with Crippen molar-refractivity contribution in [1.29, 1.82) is 0 Å². The molecule has 19 heavy (non-hydrogen) atoms. The largest absolute Gasteiger partial charge is 0.383 e.